The van der Waals surface area contributed by atoms with Crippen LogP contribution in [0.25, 0.3) is 0 Å². The molecule has 1 aliphatic rings. The first-order valence-corrected chi connectivity index (χ1v) is 6.71. The lowest BCUT2D eigenvalue weighted by Gasteiger charge is -2.37. The Morgan fingerprint density at radius 2 is 2.35 bits per heavy atom. The highest BCUT2D eigenvalue weighted by atomic mass is 16.2. The Morgan fingerprint density at radius 1 is 1.59 bits per heavy atom. The van der Waals surface area contributed by atoms with E-state index in [2.05, 4.69) is 25.1 Å². The van der Waals surface area contributed by atoms with Crippen LogP contribution in [0.4, 0.5) is 0 Å². The van der Waals surface area contributed by atoms with Crippen LogP contribution in [0.5, 0.6) is 0 Å². The normalized spacial score (nSPS) is 22.3. The molecule has 3 heteroatoms. The molecule has 0 aliphatic carbocycles. The summed E-state index contributed by atoms with van der Waals surface area (Å²) in [5.41, 5.74) is 0. The van der Waals surface area contributed by atoms with Crippen LogP contribution in [0, 0.1) is 12.3 Å². The average Bonchev–Trinajstić information content (AvgIpc) is 2.35. The fourth-order valence-electron chi connectivity index (χ4n) is 2.38. The average molecular weight is 236 g/mol. The van der Waals surface area contributed by atoms with Gasteiger partial charge in [0.2, 0.25) is 5.91 Å². The van der Waals surface area contributed by atoms with Crippen LogP contribution in [0.1, 0.15) is 46.0 Å². The minimum absolute atomic E-state index is 0.00974. The zero-order chi connectivity index (χ0) is 12.7. The molecule has 0 aromatic rings. The number of hydrogen-bond donors (Lipinski definition) is 1. The number of terminal acetylenes is 1. The number of carbonyl (C=O) groups excluding carboxylic acids is 1. The van der Waals surface area contributed by atoms with Gasteiger partial charge >= 0.3 is 0 Å². The van der Waals surface area contributed by atoms with Crippen molar-refractivity contribution >= 4 is 5.91 Å². The zero-order valence-electron chi connectivity index (χ0n) is 11.0. The van der Waals surface area contributed by atoms with Crippen LogP contribution in [0.2, 0.25) is 0 Å². The van der Waals surface area contributed by atoms with E-state index in [1.807, 2.05) is 4.90 Å². The van der Waals surface area contributed by atoms with Gasteiger partial charge in [0.05, 0.1) is 6.04 Å². The van der Waals surface area contributed by atoms with E-state index in [0.717, 1.165) is 38.8 Å². The fourth-order valence-corrected chi connectivity index (χ4v) is 2.38. The molecule has 0 bridgehead atoms. The molecule has 1 heterocycles. The molecule has 1 N–H and O–H groups in total. The number of hydrogen-bond acceptors (Lipinski definition) is 2. The molecular weight excluding hydrogens is 212 g/mol. The summed E-state index contributed by atoms with van der Waals surface area (Å²) in [7, 11) is 0. The van der Waals surface area contributed by atoms with Crippen molar-refractivity contribution in [2.24, 2.45) is 0 Å². The molecular formula is C14H24N2O. The van der Waals surface area contributed by atoms with E-state index in [-0.39, 0.29) is 18.0 Å². The third-order valence-corrected chi connectivity index (χ3v) is 3.38. The quantitative estimate of drug-likeness (QED) is 0.713. The summed E-state index contributed by atoms with van der Waals surface area (Å²) in [5, 5.41) is 3.33. The summed E-state index contributed by atoms with van der Waals surface area (Å²) >= 11 is 0. The smallest absolute Gasteiger partial charge is 0.239 e. The van der Waals surface area contributed by atoms with Gasteiger partial charge in [0.1, 0.15) is 0 Å². The highest BCUT2D eigenvalue weighted by Crippen LogP contribution is 2.18. The van der Waals surface area contributed by atoms with Gasteiger partial charge in [0.15, 0.2) is 0 Å². The predicted molar refractivity (Wildman–Crippen MR) is 70.6 cm³/mol. The topological polar surface area (TPSA) is 32.3 Å². The molecule has 1 amide bonds. The molecule has 3 nitrogen and oxygen atoms in total. The standard InChI is InChI=1S/C14H24N2O/c1-4-8-12(6-3)16-11-7-9-13(14(16)17)15-10-5-2/h1,12-13,15H,5-11H2,2-3H3. The van der Waals surface area contributed by atoms with E-state index in [4.69, 9.17) is 6.42 Å². The van der Waals surface area contributed by atoms with Crippen molar-refractivity contribution in [2.45, 2.75) is 58.0 Å². The maximum Gasteiger partial charge on any atom is 0.239 e. The number of nitrogens with zero attached hydrogens (tertiary/aromatic N) is 1. The van der Waals surface area contributed by atoms with E-state index < -0.39 is 0 Å². The first kappa shape index (κ1) is 14.1. The van der Waals surface area contributed by atoms with Gasteiger partial charge in [0, 0.05) is 19.0 Å². The Hall–Kier alpha value is -1.01. The van der Waals surface area contributed by atoms with Crippen molar-refractivity contribution < 1.29 is 4.79 Å². The molecule has 96 valence electrons. The van der Waals surface area contributed by atoms with Crippen LogP contribution in [-0.2, 0) is 4.79 Å². The van der Waals surface area contributed by atoms with Gasteiger partial charge in [-0.15, -0.1) is 12.3 Å². The first-order valence-electron chi connectivity index (χ1n) is 6.71. The highest BCUT2D eigenvalue weighted by molar-refractivity contribution is 5.83. The van der Waals surface area contributed by atoms with Crippen molar-refractivity contribution in [2.75, 3.05) is 13.1 Å². The van der Waals surface area contributed by atoms with E-state index in [9.17, 15) is 4.79 Å². The maximum atomic E-state index is 12.3. The molecule has 2 atom stereocenters. The number of piperidine rings is 1. The van der Waals surface area contributed by atoms with E-state index in [1.54, 1.807) is 0 Å². The summed E-state index contributed by atoms with van der Waals surface area (Å²) in [4.78, 5) is 14.3. The Labute approximate surface area is 105 Å². The zero-order valence-corrected chi connectivity index (χ0v) is 11.0. The van der Waals surface area contributed by atoms with Crippen molar-refractivity contribution in [3.8, 4) is 12.3 Å². The summed E-state index contributed by atoms with van der Waals surface area (Å²) in [5.74, 6) is 2.92. The lowest BCUT2D eigenvalue weighted by molar-refractivity contribution is -0.138. The van der Waals surface area contributed by atoms with Gasteiger partial charge in [-0.25, -0.2) is 0 Å². The molecule has 0 spiro atoms. The molecule has 0 aromatic carbocycles. The van der Waals surface area contributed by atoms with E-state index >= 15 is 0 Å². The number of carbonyl (C=O) groups is 1. The van der Waals surface area contributed by atoms with E-state index in [1.165, 1.54) is 0 Å². The van der Waals surface area contributed by atoms with Gasteiger partial charge in [-0.3, -0.25) is 4.79 Å². The van der Waals surface area contributed by atoms with Gasteiger partial charge in [-0.2, -0.15) is 0 Å². The minimum atomic E-state index is 0.00974. The monoisotopic (exact) mass is 236 g/mol. The maximum absolute atomic E-state index is 12.3. The Morgan fingerprint density at radius 3 is 2.94 bits per heavy atom. The van der Waals surface area contributed by atoms with Crippen LogP contribution in [-0.4, -0.2) is 36.0 Å². The summed E-state index contributed by atoms with van der Waals surface area (Å²) in [6.07, 6.45) is 10.1. The Bertz CT molecular complexity index is 282. The second kappa shape index (κ2) is 7.34. The number of rotatable bonds is 6. The molecule has 2 unspecified atom stereocenters. The Balaban J connectivity index is 2.60. The predicted octanol–water partition coefficient (Wildman–Crippen LogP) is 1.78. The summed E-state index contributed by atoms with van der Waals surface area (Å²) < 4.78 is 0. The number of amides is 1. The SMILES string of the molecule is C#CCC(CC)N1CCCC(NCCC)C1=O. The second-order valence-electron chi connectivity index (χ2n) is 4.65. The van der Waals surface area contributed by atoms with E-state index in [0.29, 0.717) is 6.42 Å². The third kappa shape index (κ3) is 3.74. The van der Waals surface area contributed by atoms with Gasteiger partial charge in [0.25, 0.3) is 0 Å². The summed E-state index contributed by atoms with van der Waals surface area (Å²) in [6, 6.07) is 0.231. The molecule has 17 heavy (non-hydrogen) atoms. The van der Waals surface area contributed by atoms with Crippen LogP contribution in [0.3, 0.4) is 0 Å². The fraction of sp³-hybridized carbons (Fsp3) is 0.786. The molecule has 0 saturated carbocycles. The largest absolute Gasteiger partial charge is 0.337 e. The van der Waals surface area contributed by atoms with Crippen molar-refractivity contribution in [1.82, 2.24) is 10.2 Å². The van der Waals surface area contributed by atoms with Gasteiger partial charge in [-0.05, 0) is 32.2 Å². The van der Waals surface area contributed by atoms with Crippen LogP contribution < -0.4 is 5.32 Å². The van der Waals surface area contributed by atoms with Gasteiger partial charge in [-0.1, -0.05) is 13.8 Å². The molecule has 1 rings (SSSR count). The van der Waals surface area contributed by atoms with Crippen molar-refractivity contribution in [3.05, 3.63) is 0 Å². The van der Waals surface area contributed by atoms with Crippen LogP contribution in [0.15, 0.2) is 0 Å². The summed E-state index contributed by atoms with van der Waals surface area (Å²) in [6.45, 7) is 5.99. The molecule has 0 radical (unpaired) electrons. The number of nitrogens with one attached hydrogen (secondary N) is 1. The lowest BCUT2D eigenvalue weighted by atomic mass is 10.00. The molecule has 1 aliphatic heterocycles. The highest BCUT2D eigenvalue weighted by Gasteiger charge is 2.31. The third-order valence-electron chi connectivity index (χ3n) is 3.38. The number of likely N-dealkylation sites (tertiary alicyclic amines) is 1. The second-order valence-corrected chi connectivity index (χ2v) is 4.65. The molecule has 1 saturated heterocycles. The van der Waals surface area contributed by atoms with Gasteiger partial charge < -0.3 is 10.2 Å². The molecule has 0 aromatic heterocycles. The van der Waals surface area contributed by atoms with Crippen LogP contribution >= 0.6 is 0 Å². The minimum Gasteiger partial charge on any atom is -0.337 e. The van der Waals surface area contributed by atoms with Crippen molar-refractivity contribution in [3.63, 3.8) is 0 Å². The molecule has 1 fully saturated rings. The lowest BCUT2D eigenvalue weighted by Crippen LogP contribution is -2.54. The first-order chi connectivity index (χ1) is 8.24. The Kier molecular flexibility index (Phi) is 6.07. The van der Waals surface area contributed by atoms with Crippen molar-refractivity contribution in [1.29, 1.82) is 0 Å².